The van der Waals surface area contributed by atoms with Crippen LogP contribution in [-0.2, 0) is 4.74 Å². The average molecular weight is 476 g/mol. The number of benzene rings is 2. The third-order valence-electron chi connectivity index (χ3n) is 5.64. The molecule has 8 heteroatoms. The summed E-state index contributed by atoms with van der Waals surface area (Å²) in [6, 6.07) is 11.9. The van der Waals surface area contributed by atoms with Crippen LogP contribution in [0.25, 0.3) is 10.2 Å². The SMILES string of the molecule is COc1ccc2nc(N(CCCN3CCOCC3)C(=O)c3cc(C)ccc3C)sc2c1.Cl. The predicted octanol–water partition coefficient (Wildman–Crippen LogP) is 4.71. The number of nitrogens with zero attached hydrogens (tertiary/aromatic N) is 3. The van der Waals surface area contributed by atoms with Gasteiger partial charge in [0.15, 0.2) is 5.13 Å². The second kappa shape index (κ2) is 11.1. The molecule has 32 heavy (non-hydrogen) atoms. The van der Waals surface area contributed by atoms with Gasteiger partial charge in [0.25, 0.3) is 5.91 Å². The minimum atomic E-state index is 0. The van der Waals surface area contributed by atoms with Gasteiger partial charge in [-0.15, -0.1) is 12.4 Å². The number of halogens is 1. The summed E-state index contributed by atoms with van der Waals surface area (Å²) < 4.78 is 11.8. The highest BCUT2D eigenvalue weighted by Gasteiger charge is 2.23. The number of carbonyl (C=O) groups is 1. The molecule has 1 fully saturated rings. The summed E-state index contributed by atoms with van der Waals surface area (Å²) in [4.78, 5) is 22.7. The standard InChI is InChI=1S/C24H29N3O3S.ClH/c1-17-5-6-18(2)20(15-17)23(28)27(10-4-9-26-11-13-30-14-12-26)24-25-21-8-7-19(29-3)16-22(21)31-24;/h5-8,15-16H,4,9-14H2,1-3H3;1H. The Morgan fingerprint density at radius 2 is 1.97 bits per heavy atom. The highest BCUT2D eigenvalue weighted by Crippen LogP contribution is 2.32. The van der Waals surface area contributed by atoms with E-state index in [-0.39, 0.29) is 18.3 Å². The smallest absolute Gasteiger partial charge is 0.260 e. The van der Waals surface area contributed by atoms with Gasteiger partial charge in [-0.2, -0.15) is 0 Å². The maximum atomic E-state index is 13.6. The summed E-state index contributed by atoms with van der Waals surface area (Å²) in [5.74, 6) is 0.802. The van der Waals surface area contributed by atoms with E-state index in [0.29, 0.717) is 6.54 Å². The first-order valence-corrected chi connectivity index (χ1v) is 11.5. The molecule has 0 aliphatic carbocycles. The molecule has 0 bridgehead atoms. The fraction of sp³-hybridized carbons (Fsp3) is 0.417. The molecule has 1 amide bonds. The molecule has 2 aromatic carbocycles. The Labute approximate surface area is 199 Å². The van der Waals surface area contributed by atoms with Crippen molar-refractivity contribution in [2.75, 3.05) is 51.4 Å². The molecule has 1 saturated heterocycles. The lowest BCUT2D eigenvalue weighted by Gasteiger charge is -2.28. The first kappa shape index (κ1) is 24.5. The fourth-order valence-electron chi connectivity index (χ4n) is 3.81. The first-order valence-electron chi connectivity index (χ1n) is 10.7. The highest BCUT2D eigenvalue weighted by molar-refractivity contribution is 7.22. The molecule has 3 aromatic rings. The largest absolute Gasteiger partial charge is 0.497 e. The van der Waals surface area contributed by atoms with Crippen LogP contribution in [0, 0.1) is 13.8 Å². The molecule has 6 nitrogen and oxygen atoms in total. The van der Waals surface area contributed by atoms with Crippen LogP contribution >= 0.6 is 23.7 Å². The Morgan fingerprint density at radius 3 is 2.72 bits per heavy atom. The van der Waals surface area contributed by atoms with Crippen molar-refractivity contribution >= 4 is 45.0 Å². The van der Waals surface area contributed by atoms with Crippen molar-refractivity contribution in [3.63, 3.8) is 0 Å². The van der Waals surface area contributed by atoms with Gasteiger partial charge in [0.2, 0.25) is 0 Å². The van der Waals surface area contributed by atoms with E-state index in [1.54, 1.807) is 7.11 Å². The summed E-state index contributed by atoms with van der Waals surface area (Å²) in [6.45, 7) is 9.04. The fourth-order valence-corrected chi connectivity index (χ4v) is 4.83. The zero-order valence-electron chi connectivity index (χ0n) is 18.8. The maximum Gasteiger partial charge on any atom is 0.260 e. The van der Waals surface area contributed by atoms with E-state index in [1.807, 2.05) is 55.1 Å². The van der Waals surface area contributed by atoms with Gasteiger partial charge < -0.3 is 9.47 Å². The molecule has 4 rings (SSSR count). The lowest BCUT2D eigenvalue weighted by Crippen LogP contribution is -2.39. The Morgan fingerprint density at radius 1 is 1.19 bits per heavy atom. The van der Waals surface area contributed by atoms with E-state index in [0.717, 1.165) is 77.1 Å². The number of hydrogen-bond acceptors (Lipinski definition) is 6. The molecule has 1 aliphatic rings. The third-order valence-corrected chi connectivity index (χ3v) is 6.68. The van der Waals surface area contributed by atoms with Crippen LogP contribution in [0.5, 0.6) is 5.75 Å². The molecule has 0 saturated carbocycles. The van der Waals surface area contributed by atoms with Crippen LogP contribution in [0.3, 0.4) is 0 Å². The van der Waals surface area contributed by atoms with Gasteiger partial charge in [0, 0.05) is 31.7 Å². The number of ether oxygens (including phenoxy) is 2. The van der Waals surface area contributed by atoms with Gasteiger partial charge in [-0.05, 0) is 50.1 Å². The molecule has 1 aliphatic heterocycles. The molecule has 0 N–H and O–H groups in total. The quantitative estimate of drug-likeness (QED) is 0.495. The van der Waals surface area contributed by atoms with Crippen molar-refractivity contribution in [1.29, 1.82) is 0 Å². The normalized spacial score (nSPS) is 14.2. The zero-order chi connectivity index (χ0) is 21.8. The lowest BCUT2D eigenvalue weighted by molar-refractivity contribution is 0.0376. The minimum Gasteiger partial charge on any atom is -0.497 e. The summed E-state index contributed by atoms with van der Waals surface area (Å²) in [5, 5.41) is 0.733. The van der Waals surface area contributed by atoms with Crippen molar-refractivity contribution in [1.82, 2.24) is 9.88 Å². The van der Waals surface area contributed by atoms with Gasteiger partial charge in [-0.25, -0.2) is 4.98 Å². The van der Waals surface area contributed by atoms with Crippen LogP contribution in [0.15, 0.2) is 36.4 Å². The number of methoxy groups -OCH3 is 1. The van der Waals surface area contributed by atoms with Crippen LogP contribution in [0.2, 0.25) is 0 Å². The van der Waals surface area contributed by atoms with E-state index in [4.69, 9.17) is 14.5 Å². The summed E-state index contributed by atoms with van der Waals surface area (Å²) in [7, 11) is 1.66. The van der Waals surface area contributed by atoms with E-state index in [1.165, 1.54) is 11.3 Å². The molecule has 0 unspecified atom stereocenters. The number of carbonyl (C=O) groups excluding carboxylic acids is 1. The van der Waals surface area contributed by atoms with Crippen molar-refractivity contribution < 1.29 is 14.3 Å². The second-order valence-electron chi connectivity index (χ2n) is 7.91. The number of morpholine rings is 1. The number of thiazole rings is 1. The maximum absolute atomic E-state index is 13.6. The lowest BCUT2D eigenvalue weighted by atomic mass is 10.0. The number of rotatable bonds is 7. The summed E-state index contributed by atoms with van der Waals surface area (Å²) in [6.07, 6.45) is 0.885. The molecular formula is C24H30ClN3O3S. The highest BCUT2D eigenvalue weighted by atomic mass is 35.5. The topological polar surface area (TPSA) is 54.9 Å². The van der Waals surface area contributed by atoms with E-state index >= 15 is 0 Å². The average Bonchev–Trinajstić information content (AvgIpc) is 3.21. The van der Waals surface area contributed by atoms with Crippen LogP contribution in [0.1, 0.15) is 27.9 Å². The van der Waals surface area contributed by atoms with Gasteiger partial charge in [0.1, 0.15) is 5.75 Å². The Balaban J connectivity index is 0.00000289. The second-order valence-corrected chi connectivity index (χ2v) is 8.92. The molecule has 1 aromatic heterocycles. The summed E-state index contributed by atoms with van der Waals surface area (Å²) in [5.41, 5.74) is 3.68. The molecule has 172 valence electrons. The van der Waals surface area contributed by atoms with Crippen molar-refractivity contribution in [3.8, 4) is 5.75 Å². The van der Waals surface area contributed by atoms with Gasteiger partial charge in [-0.1, -0.05) is 29.0 Å². The Bertz CT molecular complexity index is 1070. The Kier molecular flexibility index (Phi) is 8.48. The molecule has 0 spiro atoms. The molecule has 0 radical (unpaired) electrons. The van der Waals surface area contributed by atoms with E-state index in [2.05, 4.69) is 4.90 Å². The number of fused-ring (bicyclic) bond motifs is 1. The molecule has 2 heterocycles. The van der Waals surface area contributed by atoms with Gasteiger partial charge in [0.05, 0.1) is 30.5 Å². The van der Waals surface area contributed by atoms with Crippen molar-refractivity contribution in [2.24, 2.45) is 0 Å². The van der Waals surface area contributed by atoms with Crippen molar-refractivity contribution in [3.05, 3.63) is 53.1 Å². The number of hydrogen-bond donors (Lipinski definition) is 0. The Hall–Kier alpha value is -2.19. The van der Waals surface area contributed by atoms with Crippen molar-refractivity contribution in [2.45, 2.75) is 20.3 Å². The minimum absolute atomic E-state index is 0. The monoisotopic (exact) mass is 475 g/mol. The van der Waals surface area contributed by atoms with Gasteiger partial charge >= 0.3 is 0 Å². The van der Waals surface area contributed by atoms with E-state index < -0.39 is 0 Å². The number of aryl methyl sites for hydroxylation is 2. The van der Waals surface area contributed by atoms with Crippen LogP contribution in [-0.4, -0.2) is 62.3 Å². The number of aromatic nitrogens is 1. The predicted molar refractivity (Wildman–Crippen MR) is 133 cm³/mol. The zero-order valence-corrected chi connectivity index (χ0v) is 20.4. The van der Waals surface area contributed by atoms with E-state index in [9.17, 15) is 4.79 Å². The number of anilines is 1. The van der Waals surface area contributed by atoms with Crippen LogP contribution in [0.4, 0.5) is 5.13 Å². The first-order chi connectivity index (χ1) is 15.0. The third kappa shape index (κ3) is 5.59. The van der Waals surface area contributed by atoms with Crippen LogP contribution < -0.4 is 9.64 Å². The number of amides is 1. The summed E-state index contributed by atoms with van der Waals surface area (Å²) >= 11 is 1.53. The molecular weight excluding hydrogens is 446 g/mol. The molecule has 0 atom stereocenters. The van der Waals surface area contributed by atoms with Gasteiger partial charge in [-0.3, -0.25) is 14.6 Å².